The molecule has 0 amide bonds. The van der Waals surface area contributed by atoms with Crippen LogP contribution in [0, 0.1) is 19.8 Å². The average Bonchev–Trinajstić information content (AvgIpc) is 2.99. The predicted octanol–water partition coefficient (Wildman–Crippen LogP) is 2.78. The fourth-order valence-electron chi connectivity index (χ4n) is 3.81. The zero-order valence-corrected chi connectivity index (χ0v) is 17.8. The van der Waals surface area contributed by atoms with Crippen LogP contribution >= 0.6 is 0 Å². The van der Waals surface area contributed by atoms with Crippen LogP contribution in [-0.2, 0) is 5.60 Å². The van der Waals surface area contributed by atoms with Gasteiger partial charge in [0.2, 0.25) is 0 Å². The van der Waals surface area contributed by atoms with E-state index in [1.807, 2.05) is 19.9 Å². The van der Waals surface area contributed by atoms with Gasteiger partial charge in [0.05, 0.1) is 6.54 Å². The normalized spacial score (nSPS) is 19.1. The first-order valence-electron chi connectivity index (χ1n) is 10.4. The van der Waals surface area contributed by atoms with Crippen LogP contribution in [0.3, 0.4) is 0 Å². The highest BCUT2D eigenvalue weighted by Crippen LogP contribution is 2.27. The number of aliphatic imine (C=N–C) groups is 1. The zero-order chi connectivity index (χ0) is 19.9. The lowest BCUT2D eigenvalue weighted by Gasteiger charge is -2.31. The maximum atomic E-state index is 10.8. The molecular weight excluding hydrogens is 340 g/mol. The number of piperidine rings is 1. The Morgan fingerprint density at radius 2 is 2.00 bits per heavy atom. The van der Waals surface area contributed by atoms with Crippen molar-refractivity contribution in [2.45, 2.75) is 59.5 Å². The Bertz CT molecular complexity index is 601. The summed E-state index contributed by atoms with van der Waals surface area (Å²) in [4.78, 5) is 7.14. The summed E-state index contributed by atoms with van der Waals surface area (Å²) in [6.07, 6.45) is 3.74. The third kappa shape index (κ3) is 6.54. The number of guanidine groups is 1. The lowest BCUT2D eigenvalue weighted by Crippen LogP contribution is -2.40. The molecule has 1 aliphatic heterocycles. The first kappa shape index (κ1) is 21.8. The van der Waals surface area contributed by atoms with Crippen molar-refractivity contribution in [2.24, 2.45) is 10.9 Å². The van der Waals surface area contributed by atoms with Crippen molar-refractivity contribution in [3.8, 4) is 0 Å². The van der Waals surface area contributed by atoms with Gasteiger partial charge in [-0.1, -0.05) is 6.92 Å². The molecule has 1 atom stereocenters. The van der Waals surface area contributed by atoms with E-state index >= 15 is 0 Å². The molecule has 1 saturated heterocycles. The van der Waals surface area contributed by atoms with E-state index in [2.05, 4.69) is 34.4 Å². The van der Waals surface area contributed by atoms with Gasteiger partial charge in [-0.05, 0) is 78.6 Å². The summed E-state index contributed by atoms with van der Waals surface area (Å²) in [5.41, 5.74) is -0.237. The minimum atomic E-state index is -1.04. The summed E-state index contributed by atoms with van der Waals surface area (Å²) in [7, 11) is 0. The number of hydrogen-bond donors (Lipinski definition) is 3. The fraction of sp³-hybridized carbons (Fsp3) is 0.762. The van der Waals surface area contributed by atoms with Gasteiger partial charge < -0.3 is 25.1 Å². The average molecular weight is 379 g/mol. The van der Waals surface area contributed by atoms with E-state index in [4.69, 9.17) is 4.42 Å². The van der Waals surface area contributed by atoms with Crippen LogP contribution in [0.1, 0.15) is 57.1 Å². The molecule has 0 aromatic carbocycles. The Morgan fingerprint density at radius 1 is 1.30 bits per heavy atom. The van der Waals surface area contributed by atoms with Crippen LogP contribution in [0.2, 0.25) is 0 Å². The summed E-state index contributed by atoms with van der Waals surface area (Å²) in [5.74, 6) is 3.12. The molecule has 1 aromatic heterocycles. The highest BCUT2D eigenvalue weighted by molar-refractivity contribution is 5.79. The second-order valence-electron chi connectivity index (χ2n) is 7.89. The number of hydrogen-bond acceptors (Lipinski definition) is 4. The van der Waals surface area contributed by atoms with Gasteiger partial charge in [0.1, 0.15) is 17.1 Å². The minimum Gasteiger partial charge on any atom is -0.466 e. The number of aryl methyl sites for hydroxylation is 2. The van der Waals surface area contributed by atoms with Crippen LogP contribution in [0.25, 0.3) is 0 Å². The van der Waals surface area contributed by atoms with Crippen LogP contribution in [-0.4, -0.2) is 55.2 Å². The number of aliphatic hydroxyl groups is 1. The molecule has 1 aromatic rings. The van der Waals surface area contributed by atoms with E-state index < -0.39 is 5.60 Å². The van der Waals surface area contributed by atoms with Gasteiger partial charge >= 0.3 is 0 Å². The van der Waals surface area contributed by atoms with E-state index in [0.717, 1.165) is 48.6 Å². The number of nitrogens with zero attached hydrogens (tertiary/aromatic N) is 2. The smallest absolute Gasteiger partial charge is 0.191 e. The minimum absolute atomic E-state index is 0.289. The monoisotopic (exact) mass is 378 g/mol. The van der Waals surface area contributed by atoms with E-state index in [9.17, 15) is 5.11 Å². The molecule has 6 nitrogen and oxygen atoms in total. The van der Waals surface area contributed by atoms with Gasteiger partial charge in [0.25, 0.3) is 0 Å². The van der Waals surface area contributed by atoms with Gasteiger partial charge in [-0.3, -0.25) is 0 Å². The van der Waals surface area contributed by atoms with Crippen LogP contribution in [0.15, 0.2) is 15.5 Å². The van der Waals surface area contributed by atoms with Crippen molar-refractivity contribution < 1.29 is 9.52 Å². The molecule has 0 spiro atoms. The first-order valence-corrected chi connectivity index (χ1v) is 10.4. The highest BCUT2D eigenvalue weighted by atomic mass is 16.3. The van der Waals surface area contributed by atoms with E-state index in [1.165, 1.54) is 32.4 Å². The third-order valence-electron chi connectivity index (χ3n) is 5.51. The summed E-state index contributed by atoms with van der Waals surface area (Å²) >= 11 is 0. The molecule has 1 fully saturated rings. The quantitative estimate of drug-likeness (QED) is 0.479. The van der Waals surface area contributed by atoms with Gasteiger partial charge in [0.15, 0.2) is 5.96 Å². The van der Waals surface area contributed by atoms with Gasteiger partial charge in [0, 0.05) is 18.7 Å². The SMILES string of the molecule is CCNC(=NCC(C)(O)c1cc(C)oc1C)NCCC1CCN(CC)CC1. The Labute approximate surface area is 164 Å². The van der Waals surface area contributed by atoms with Gasteiger partial charge in [-0.25, -0.2) is 4.99 Å². The number of likely N-dealkylation sites (tertiary alicyclic amines) is 1. The van der Waals surface area contributed by atoms with Gasteiger partial charge in [-0.15, -0.1) is 0 Å². The molecule has 0 aliphatic carbocycles. The van der Waals surface area contributed by atoms with E-state index in [0.29, 0.717) is 0 Å². The predicted molar refractivity (Wildman–Crippen MR) is 111 cm³/mol. The van der Waals surface area contributed by atoms with Crippen molar-refractivity contribution in [2.75, 3.05) is 39.3 Å². The molecule has 0 bridgehead atoms. The maximum Gasteiger partial charge on any atom is 0.191 e. The van der Waals surface area contributed by atoms with Crippen LogP contribution < -0.4 is 10.6 Å². The molecule has 2 heterocycles. The number of furan rings is 1. The standard InChI is InChI=1S/C21H38N4O2/c1-6-22-20(23-11-8-18-9-12-25(7-2)13-10-18)24-15-21(5,26)19-14-16(3)27-17(19)4/h14,18,26H,6-13,15H2,1-5H3,(H2,22,23,24). The highest BCUT2D eigenvalue weighted by Gasteiger charge is 2.27. The molecule has 1 unspecified atom stereocenters. The number of rotatable bonds is 8. The van der Waals surface area contributed by atoms with Crippen LogP contribution in [0.4, 0.5) is 0 Å². The summed E-state index contributed by atoms with van der Waals surface area (Å²) in [5, 5.41) is 17.6. The van der Waals surface area contributed by atoms with E-state index in [1.54, 1.807) is 6.92 Å². The molecule has 0 saturated carbocycles. The second kappa shape index (κ2) is 10.1. The van der Waals surface area contributed by atoms with Gasteiger partial charge in [-0.2, -0.15) is 0 Å². The molecule has 154 valence electrons. The van der Waals surface area contributed by atoms with Crippen molar-refractivity contribution in [1.29, 1.82) is 0 Å². The van der Waals surface area contributed by atoms with Crippen molar-refractivity contribution in [3.05, 3.63) is 23.2 Å². The Kier molecular flexibility index (Phi) is 8.17. The molecular formula is C21H38N4O2. The summed E-state index contributed by atoms with van der Waals surface area (Å²) < 4.78 is 5.56. The number of nitrogens with one attached hydrogen (secondary N) is 2. The second-order valence-corrected chi connectivity index (χ2v) is 7.89. The zero-order valence-electron chi connectivity index (χ0n) is 17.8. The van der Waals surface area contributed by atoms with Crippen molar-refractivity contribution >= 4 is 5.96 Å². The lowest BCUT2D eigenvalue weighted by molar-refractivity contribution is 0.0657. The molecule has 3 N–H and O–H groups in total. The first-order chi connectivity index (χ1) is 12.9. The Morgan fingerprint density at radius 3 is 2.56 bits per heavy atom. The molecule has 27 heavy (non-hydrogen) atoms. The van der Waals surface area contributed by atoms with Crippen LogP contribution in [0.5, 0.6) is 0 Å². The summed E-state index contributed by atoms with van der Waals surface area (Å²) in [6.45, 7) is 15.5. The van der Waals surface area contributed by atoms with Crippen molar-refractivity contribution in [3.63, 3.8) is 0 Å². The molecule has 0 radical (unpaired) electrons. The summed E-state index contributed by atoms with van der Waals surface area (Å²) in [6, 6.07) is 1.90. The third-order valence-corrected chi connectivity index (χ3v) is 5.51. The largest absolute Gasteiger partial charge is 0.466 e. The topological polar surface area (TPSA) is 73.0 Å². The molecule has 6 heteroatoms. The Hall–Kier alpha value is -1.53. The Balaban J connectivity index is 1.85. The maximum absolute atomic E-state index is 10.8. The lowest BCUT2D eigenvalue weighted by atomic mass is 9.93. The molecule has 1 aliphatic rings. The fourth-order valence-corrected chi connectivity index (χ4v) is 3.81. The van der Waals surface area contributed by atoms with Crippen molar-refractivity contribution in [1.82, 2.24) is 15.5 Å². The van der Waals surface area contributed by atoms with E-state index in [-0.39, 0.29) is 6.54 Å². The molecule has 2 rings (SSSR count).